The Morgan fingerprint density at radius 2 is 2.21 bits per heavy atom. The van der Waals surface area contributed by atoms with Crippen LogP contribution in [0.3, 0.4) is 0 Å². The standard InChI is InChI=1S/C10H12O2.C4H8O2S/c1-3-4-8-5-6-9(11)10(7-8)12-2;1-2-3(7)4(5)6/h3,5-7,11H,1,4H2,2H3;3,7H,2H2,1H3,(H,5,6). The summed E-state index contributed by atoms with van der Waals surface area (Å²) in [5.74, 6) is -0.162. The molecular formula is C14H20O4S. The number of carbonyl (C=O) groups is 1. The molecule has 0 aliphatic carbocycles. The fraction of sp³-hybridized carbons (Fsp3) is 0.357. The molecule has 0 aliphatic heterocycles. The van der Waals surface area contributed by atoms with Crippen LogP contribution in [0.15, 0.2) is 30.9 Å². The predicted molar refractivity (Wildman–Crippen MR) is 79.3 cm³/mol. The third-order valence-corrected chi connectivity index (χ3v) is 2.88. The number of aliphatic carboxylic acids is 1. The van der Waals surface area contributed by atoms with Crippen molar-refractivity contribution in [1.29, 1.82) is 0 Å². The van der Waals surface area contributed by atoms with E-state index in [4.69, 9.17) is 9.84 Å². The molecule has 2 N–H and O–H groups in total. The highest BCUT2D eigenvalue weighted by atomic mass is 32.1. The number of phenolic OH excluding ortho intramolecular Hbond substituents is 1. The first-order valence-corrected chi connectivity index (χ1v) is 6.35. The van der Waals surface area contributed by atoms with Crippen LogP contribution in [0.1, 0.15) is 18.9 Å². The van der Waals surface area contributed by atoms with Gasteiger partial charge >= 0.3 is 5.97 Å². The van der Waals surface area contributed by atoms with Crippen molar-refractivity contribution >= 4 is 18.6 Å². The lowest BCUT2D eigenvalue weighted by molar-refractivity contribution is -0.136. The Balaban J connectivity index is 0.000000399. The number of benzene rings is 1. The minimum atomic E-state index is -0.842. The summed E-state index contributed by atoms with van der Waals surface area (Å²) in [4.78, 5) is 9.85. The maximum absolute atomic E-state index is 9.85. The lowest BCUT2D eigenvalue weighted by Gasteiger charge is -2.04. The van der Waals surface area contributed by atoms with E-state index >= 15 is 0 Å². The van der Waals surface area contributed by atoms with Crippen molar-refractivity contribution in [3.05, 3.63) is 36.4 Å². The second-order valence-electron chi connectivity index (χ2n) is 3.76. The van der Waals surface area contributed by atoms with Crippen molar-refractivity contribution in [1.82, 2.24) is 0 Å². The van der Waals surface area contributed by atoms with Gasteiger partial charge in [0.05, 0.1) is 12.4 Å². The van der Waals surface area contributed by atoms with E-state index in [1.165, 1.54) is 7.11 Å². The molecule has 0 aromatic heterocycles. The topological polar surface area (TPSA) is 66.8 Å². The number of thiol groups is 1. The number of methoxy groups -OCH3 is 1. The Bertz CT molecular complexity index is 418. The molecule has 5 heteroatoms. The Hall–Kier alpha value is -1.62. The number of carboxylic acids is 1. The smallest absolute Gasteiger partial charge is 0.316 e. The van der Waals surface area contributed by atoms with Crippen LogP contribution in [0.5, 0.6) is 11.5 Å². The lowest BCUT2D eigenvalue weighted by atomic mass is 10.1. The van der Waals surface area contributed by atoms with E-state index < -0.39 is 11.2 Å². The summed E-state index contributed by atoms with van der Waals surface area (Å²) in [6, 6.07) is 5.27. The molecule has 0 fully saturated rings. The number of carboxylic acid groups (broad SMARTS) is 1. The Kier molecular flexibility index (Phi) is 8.53. The average Bonchev–Trinajstić information content (AvgIpc) is 2.40. The van der Waals surface area contributed by atoms with Crippen LogP contribution in [0.4, 0.5) is 0 Å². The Morgan fingerprint density at radius 3 is 2.58 bits per heavy atom. The largest absolute Gasteiger partial charge is 0.504 e. The van der Waals surface area contributed by atoms with Gasteiger partial charge in [-0.15, -0.1) is 6.58 Å². The second-order valence-corrected chi connectivity index (χ2v) is 4.38. The highest BCUT2D eigenvalue weighted by Crippen LogP contribution is 2.26. The zero-order chi connectivity index (χ0) is 14.8. The van der Waals surface area contributed by atoms with Gasteiger partial charge in [0.15, 0.2) is 11.5 Å². The summed E-state index contributed by atoms with van der Waals surface area (Å²) in [5, 5.41) is 16.9. The first-order valence-electron chi connectivity index (χ1n) is 5.83. The molecule has 1 aromatic rings. The van der Waals surface area contributed by atoms with Gasteiger partial charge in [-0.2, -0.15) is 12.6 Å². The number of rotatable bonds is 5. The third-order valence-electron chi connectivity index (χ3n) is 2.30. The second kappa shape index (κ2) is 9.33. The summed E-state index contributed by atoms with van der Waals surface area (Å²) in [6.07, 6.45) is 3.18. The zero-order valence-electron chi connectivity index (χ0n) is 11.2. The summed E-state index contributed by atoms with van der Waals surface area (Å²) < 4.78 is 4.95. The van der Waals surface area contributed by atoms with E-state index in [0.29, 0.717) is 12.2 Å². The molecule has 0 heterocycles. The molecule has 0 amide bonds. The highest BCUT2D eigenvalue weighted by molar-refractivity contribution is 7.81. The number of ether oxygens (including phenoxy) is 1. The van der Waals surface area contributed by atoms with Crippen LogP contribution in [-0.2, 0) is 11.2 Å². The van der Waals surface area contributed by atoms with Gasteiger partial charge < -0.3 is 14.9 Å². The van der Waals surface area contributed by atoms with E-state index in [-0.39, 0.29) is 5.75 Å². The molecule has 1 atom stereocenters. The SMILES string of the molecule is C=CCc1ccc(O)c(OC)c1.CCC(S)C(=O)O. The minimum Gasteiger partial charge on any atom is -0.504 e. The summed E-state index contributed by atoms with van der Waals surface area (Å²) in [5.41, 5.74) is 1.08. The molecule has 1 aromatic carbocycles. The predicted octanol–water partition coefficient (Wildman–Crippen LogP) is 2.91. The van der Waals surface area contributed by atoms with Gasteiger partial charge in [0, 0.05) is 0 Å². The van der Waals surface area contributed by atoms with Gasteiger partial charge in [-0.25, -0.2) is 0 Å². The fourth-order valence-corrected chi connectivity index (χ4v) is 1.19. The first-order chi connectivity index (χ1) is 8.96. The van der Waals surface area contributed by atoms with Crippen LogP contribution < -0.4 is 4.74 Å². The molecule has 106 valence electrons. The summed E-state index contributed by atoms with van der Waals surface area (Å²) >= 11 is 3.73. The van der Waals surface area contributed by atoms with E-state index in [1.54, 1.807) is 19.1 Å². The molecule has 0 aliphatic rings. The molecule has 1 rings (SSSR count). The molecule has 0 saturated heterocycles. The molecule has 4 nitrogen and oxygen atoms in total. The fourth-order valence-electron chi connectivity index (χ4n) is 1.19. The van der Waals surface area contributed by atoms with Crippen molar-refractivity contribution in [2.24, 2.45) is 0 Å². The van der Waals surface area contributed by atoms with Gasteiger partial charge in [-0.1, -0.05) is 19.1 Å². The summed E-state index contributed by atoms with van der Waals surface area (Å²) in [6.45, 7) is 5.41. The van der Waals surface area contributed by atoms with Crippen LogP contribution in [-0.4, -0.2) is 28.5 Å². The van der Waals surface area contributed by atoms with Crippen molar-refractivity contribution in [2.45, 2.75) is 25.0 Å². The van der Waals surface area contributed by atoms with E-state index in [2.05, 4.69) is 19.2 Å². The number of hydrogen-bond acceptors (Lipinski definition) is 4. The molecule has 0 spiro atoms. The number of phenols is 1. The van der Waals surface area contributed by atoms with E-state index in [9.17, 15) is 9.90 Å². The van der Waals surface area contributed by atoms with Crippen LogP contribution in [0, 0.1) is 0 Å². The highest BCUT2D eigenvalue weighted by Gasteiger charge is 2.06. The monoisotopic (exact) mass is 284 g/mol. The van der Waals surface area contributed by atoms with Crippen molar-refractivity contribution in [3.8, 4) is 11.5 Å². The van der Waals surface area contributed by atoms with Gasteiger partial charge in [-0.3, -0.25) is 4.79 Å². The number of hydrogen-bond donors (Lipinski definition) is 3. The van der Waals surface area contributed by atoms with Crippen LogP contribution in [0.25, 0.3) is 0 Å². The molecule has 19 heavy (non-hydrogen) atoms. The quantitative estimate of drug-likeness (QED) is 0.574. The molecule has 0 saturated carbocycles. The molecule has 1 unspecified atom stereocenters. The molecule has 0 bridgehead atoms. The average molecular weight is 284 g/mol. The van der Waals surface area contributed by atoms with Gasteiger partial charge in [0.2, 0.25) is 0 Å². The van der Waals surface area contributed by atoms with Crippen LogP contribution >= 0.6 is 12.6 Å². The Morgan fingerprint density at radius 1 is 1.58 bits per heavy atom. The third kappa shape index (κ3) is 6.76. The molecule has 0 radical (unpaired) electrons. The number of aromatic hydroxyl groups is 1. The minimum absolute atomic E-state index is 0.172. The van der Waals surface area contributed by atoms with Gasteiger partial charge in [0.1, 0.15) is 0 Å². The number of allylic oxidation sites excluding steroid dienone is 1. The maximum atomic E-state index is 9.85. The van der Waals surface area contributed by atoms with E-state index in [1.807, 2.05) is 12.1 Å². The van der Waals surface area contributed by atoms with Gasteiger partial charge in [-0.05, 0) is 30.5 Å². The zero-order valence-corrected chi connectivity index (χ0v) is 12.1. The van der Waals surface area contributed by atoms with Crippen LogP contribution in [0.2, 0.25) is 0 Å². The van der Waals surface area contributed by atoms with Gasteiger partial charge in [0.25, 0.3) is 0 Å². The lowest BCUT2D eigenvalue weighted by Crippen LogP contribution is -2.10. The first kappa shape index (κ1) is 17.4. The van der Waals surface area contributed by atoms with Crippen molar-refractivity contribution < 1.29 is 19.7 Å². The normalized spacial score (nSPS) is 10.9. The van der Waals surface area contributed by atoms with Crippen molar-refractivity contribution in [3.63, 3.8) is 0 Å². The van der Waals surface area contributed by atoms with Crippen molar-refractivity contribution in [2.75, 3.05) is 7.11 Å². The molecular weight excluding hydrogens is 264 g/mol. The Labute approximate surface area is 119 Å². The van der Waals surface area contributed by atoms with E-state index in [0.717, 1.165) is 12.0 Å². The summed E-state index contributed by atoms with van der Waals surface area (Å²) in [7, 11) is 1.53. The maximum Gasteiger partial charge on any atom is 0.316 e.